The van der Waals surface area contributed by atoms with Crippen molar-refractivity contribution in [3.63, 3.8) is 0 Å². The molecule has 142 valence electrons. The molecule has 1 aliphatic carbocycles. The monoisotopic (exact) mass is 401 g/mol. The standard InChI is InChI=1S/C20H23N3O2S2/c1-3-5-9-14-12-7-6-8-13(12)16-17-18(27-19(16)23-14)20(22-11-21-17)26-10-15(24)25-4-2/h11H,3-10H2,1-2H3. The van der Waals surface area contributed by atoms with Crippen molar-refractivity contribution in [1.82, 2.24) is 15.0 Å². The Balaban J connectivity index is 1.79. The largest absolute Gasteiger partial charge is 0.465 e. The predicted octanol–water partition coefficient (Wildman–Crippen LogP) is 4.73. The molecule has 0 atom stereocenters. The number of carbonyl (C=O) groups is 1. The van der Waals surface area contributed by atoms with Gasteiger partial charge in [0.2, 0.25) is 0 Å². The Labute approximate surface area is 167 Å². The van der Waals surface area contributed by atoms with E-state index >= 15 is 0 Å². The van der Waals surface area contributed by atoms with Gasteiger partial charge in [-0.2, -0.15) is 0 Å². The van der Waals surface area contributed by atoms with Crippen LogP contribution in [0.4, 0.5) is 0 Å². The summed E-state index contributed by atoms with van der Waals surface area (Å²) in [4.78, 5) is 26.8. The fourth-order valence-corrected chi connectivity index (χ4v) is 5.79. The number of ether oxygens (including phenoxy) is 1. The van der Waals surface area contributed by atoms with Crippen molar-refractivity contribution in [2.24, 2.45) is 0 Å². The minimum atomic E-state index is -0.212. The number of esters is 1. The Bertz CT molecular complexity index is 1000. The van der Waals surface area contributed by atoms with Gasteiger partial charge in [-0.1, -0.05) is 25.1 Å². The number of aryl methyl sites for hydroxylation is 2. The number of fused-ring (bicyclic) bond motifs is 5. The first kappa shape index (κ1) is 18.6. The third-order valence-electron chi connectivity index (χ3n) is 4.92. The Morgan fingerprint density at radius 2 is 2.11 bits per heavy atom. The highest BCUT2D eigenvalue weighted by Gasteiger charge is 2.24. The summed E-state index contributed by atoms with van der Waals surface area (Å²) >= 11 is 3.08. The lowest BCUT2D eigenvalue weighted by Crippen LogP contribution is -2.06. The van der Waals surface area contributed by atoms with Gasteiger partial charge < -0.3 is 4.74 Å². The van der Waals surface area contributed by atoms with E-state index in [4.69, 9.17) is 9.72 Å². The number of hydrogen-bond acceptors (Lipinski definition) is 7. The molecule has 27 heavy (non-hydrogen) atoms. The molecule has 0 saturated carbocycles. The lowest BCUT2D eigenvalue weighted by Gasteiger charge is -2.08. The van der Waals surface area contributed by atoms with E-state index in [2.05, 4.69) is 16.9 Å². The van der Waals surface area contributed by atoms with E-state index in [9.17, 15) is 4.79 Å². The van der Waals surface area contributed by atoms with Gasteiger partial charge in [-0.3, -0.25) is 4.79 Å². The van der Waals surface area contributed by atoms with Crippen LogP contribution in [0.2, 0.25) is 0 Å². The van der Waals surface area contributed by atoms with E-state index in [-0.39, 0.29) is 11.7 Å². The summed E-state index contributed by atoms with van der Waals surface area (Å²) in [5, 5.41) is 2.06. The molecule has 0 unspecified atom stereocenters. The number of pyridine rings is 1. The summed E-state index contributed by atoms with van der Waals surface area (Å²) in [5.41, 5.74) is 5.16. The summed E-state index contributed by atoms with van der Waals surface area (Å²) in [6.07, 6.45) is 8.45. The van der Waals surface area contributed by atoms with Gasteiger partial charge in [-0.05, 0) is 50.2 Å². The van der Waals surface area contributed by atoms with Gasteiger partial charge in [0.15, 0.2) is 0 Å². The fraction of sp³-hybridized carbons (Fsp3) is 0.500. The molecule has 0 aromatic carbocycles. The number of hydrogen-bond donors (Lipinski definition) is 0. The molecule has 0 amide bonds. The van der Waals surface area contributed by atoms with Crippen LogP contribution in [-0.4, -0.2) is 33.3 Å². The van der Waals surface area contributed by atoms with Crippen LogP contribution in [0.25, 0.3) is 20.4 Å². The quantitative estimate of drug-likeness (QED) is 0.324. The Hall–Kier alpha value is -1.73. The number of nitrogens with zero attached hydrogens (tertiary/aromatic N) is 3. The Kier molecular flexibility index (Phi) is 5.59. The van der Waals surface area contributed by atoms with Crippen LogP contribution in [-0.2, 0) is 28.8 Å². The third-order valence-corrected chi connectivity index (χ3v) is 7.10. The number of rotatable bonds is 7. The summed E-state index contributed by atoms with van der Waals surface area (Å²) in [6.45, 7) is 4.44. The molecule has 3 aromatic rings. The molecule has 3 heterocycles. The molecular weight excluding hydrogens is 378 g/mol. The van der Waals surface area contributed by atoms with Gasteiger partial charge in [0.05, 0.1) is 22.6 Å². The molecule has 0 aliphatic heterocycles. The van der Waals surface area contributed by atoms with E-state index in [1.54, 1.807) is 17.7 Å². The highest BCUT2D eigenvalue weighted by atomic mass is 32.2. The summed E-state index contributed by atoms with van der Waals surface area (Å²) < 4.78 is 6.07. The van der Waals surface area contributed by atoms with Crippen molar-refractivity contribution >= 4 is 49.5 Å². The van der Waals surface area contributed by atoms with E-state index in [1.165, 1.54) is 53.2 Å². The van der Waals surface area contributed by atoms with Crippen molar-refractivity contribution in [1.29, 1.82) is 0 Å². The second-order valence-electron chi connectivity index (χ2n) is 6.71. The predicted molar refractivity (Wildman–Crippen MR) is 111 cm³/mol. The van der Waals surface area contributed by atoms with Gasteiger partial charge in [-0.15, -0.1) is 11.3 Å². The fourth-order valence-electron chi connectivity index (χ4n) is 3.74. The number of thioether (sulfide) groups is 1. The zero-order chi connectivity index (χ0) is 18.8. The minimum absolute atomic E-state index is 0.212. The van der Waals surface area contributed by atoms with E-state index in [0.717, 1.165) is 39.3 Å². The molecule has 0 N–H and O–H groups in total. The normalized spacial score (nSPS) is 13.4. The molecule has 3 aromatic heterocycles. The first-order valence-electron chi connectivity index (χ1n) is 9.59. The van der Waals surface area contributed by atoms with E-state index < -0.39 is 0 Å². The van der Waals surface area contributed by atoms with Crippen molar-refractivity contribution in [2.75, 3.05) is 12.4 Å². The SMILES string of the molecule is CCCCc1nc2sc3c(SCC(=O)OCC)ncnc3c2c2c1CCC2. The molecule has 4 rings (SSSR count). The molecule has 0 spiro atoms. The minimum Gasteiger partial charge on any atom is -0.465 e. The molecule has 1 aliphatic rings. The van der Waals surface area contributed by atoms with Gasteiger partial charge in [0, 0.05) is 11.1 Å². The third kappa shape index (κ3) is 3.55. The highest BCUT2D eigenvalue weighted by molar-refractivity contribution is 8.00. The first-order chi connectivity index (χ1) is 13.2. The molecule has 7 heteroatoms. The van der Waals surface area contributed by atoms with E-state index in [0.29, 0.717) is 6.61 Å². The first-order valence-corrected chi connectivity index (χ1v) is 11.4. The number of carbonyl (C=O) groups excluding carboxylic acids is 1. The van der Waals surface area contributed by atoms with Crippen LogP contribution < -0.4 is 0 Å². The maximum atomic E-state index is 11.7. The number of aromatic nitrogens is 3. The summed E-state index contributed by atoms with van der Waals surface area (Å²) in [6, 6.07) is 0. The summed E-state index contributed by atoms with van der Waals surface area (Å²) in [5.74, 6) is 0.0535. The maximum absolute atomic E-state index is 11.7. The molecule has 0 saturated heterocycles. The van der Waals surface area contributed by atoms with Crippen molar-refractivity contribution in [3.8, 4) is 0 Å². The maximum Gasteiger partial charge on any atom is 0.316 e. The number of unbranched alkanes of at least 4 members (excludes halogenated alkanes) is 1. The molecule has 0 bridgehead atoms. The Morgan fingerprint density at radius 1 is 1.26 bits per heavy atom. The van der Waals surface area contributed by atoms with Crippen LogP contribution in [0.5, 0.6) is 0 Å². The topological polar surface area (TPSA) is 65.0 Å². The van der Waals surface area contributed by atoms with Crippen LogP contribution in [0, 0.1) is 0 Å². The second-order valence-corrected chi connectivity index (χ2v) is 8.67. The summed E-state index contributed by atoms with van der Waals surface area (Å²) in [7, 11) is 0. The lowest BCUT2D eigenvalue weighted by molar-refractivity contribution is -0.139. The van der Waals surface area contributed by atoms with Crippen LogP contribution in [0.3, 0.4) is 0 Å². The molecule has 0 fully saturated rings. The van der Waals surface area contributed by atoms with Gasteiger partial charge in [0.25, 0.3) is 0 Å². The van der Waals surface area contributed by atoms with Gasteiger partial charge >= 0.3 is 5.97 Å². The highest BCUT2D eigenvalue weighted by Crippen LogP contribution is 2.42. The average molecular weight is 402 g/mol. The van der Waals surface area contributed by atoms with E-state index in [1.807, 2.05) is 6.92 Å². The molecular formula is C20H23N3O2S2. The van der Waals surface area contributed by atoms with Crippen molar-refractivity contribution in [3.05, 3.63) is 23.1 Å². The second kappa shape index (κ2) is 8.10. The molecule has 5 nitrogen and oxygen atoms in total. The van der Waals surface area contributed by atoms with Crippen molar-refractivity contribution < 1.29 is 9.53 Å². The van der Waals surface area contributed by atoms with Crippen LogP contribution in [0.1, 0.15) is 49.9 Å². The van der Waals surface area contributed by atoms with Crippen molar-refractivity contribution in [2.45, 2.75) is 57.4 Å². The van der Waals surface area contributed by atoms with Crippen LogP contribution in [0.15, 0.2) is 11.4 Å². The van der Waals surface area contributed by atoms with Gasteiger partial charge in [-0.25, -0.2) is 15.0 Å². The number of thiophene rings is 1. The molecule has 0 radical (unpaired) electrons. The Morgan fingerprint density at radius 3 is 2.93 bits per heavy atom. The van der Waals surface area contributed by atoms with Crippen LogP contribution >= 0.6 is 23.1 Å². The lowest BCUT2D eigenvalue weighted by atomic mass is 10.0. The average Bonchev–Trinajstić information content (AvgIpc) is 3.28. The smallest absolute Gasteiger partial charge is 0.316 e. The zero-order valence-corrected chi connectivity index (χ0v) is 17.3. The zero-order valence-electron chi connectivity index (χ0n) is 15.7. The van der Waals surface area contributed by atoms with Gasteiger partial charge in [0.1, 0.15) is 16.2 Å².